The largest absolute Gasteiger partial charge is 0.486 e. The number of hydrogen-bond acceptors (Lipinski definition) is 3. The fourth-order valence-electron chi connectivity index (χ4n) is 2.52. The number of nitrogens with zero attached hydrogens (tertiary/aromatic N) is 2. The Bertz CT molecular complexity index is 868. The second-order valence-corrected chi connectivity index (χ2v) is 5.60. The summed E-state index contributed by atoms with van der Waals surface area (Å²) < 4.78 is 7.65. The number of rotatable bonds is 5. The lowest BCUT2D eigenvalue weighted by Gasteiger charge is -2.10. The van der Waals surface area contributed by atoms with E-state index in [9.17, 15) is 4.79 Å². The molecule has 0 atom stereocenters. The number of carbonyl (C=O) groups excluding carboxylic acids is 1. The molecule has 1 amide bonds. The molecule has 0 bridgehead atoms. The lowest BCUT2D eigenvalue weighted by molar-refractivity contribution is -0.118. The van der Waals surface area contributed by atoms with Crippen LogP contribution in [-0.4, -0.2) is 15.5 Å². The van der Waals surface area contributed by atoms with Gasteiger partial charge in [-0.15, -0.1) is 0 Å². The van der Waals surface area contributed by atoms with Gasteiger partial charge in [-0.1, -0.05) is 18.2 Å². The van der Waals surface area contributed by atoms with E-state index >= 15 is 0 Å². The fraction of sp³-hybridized carbons (Fsp3) is 0.222. The fourth-order valence-corrected chi connectivity index (χ4v) is 2.52. The number of imidazole rings is 1. The second-order valence-electron chi connectivity index (χ2n) is 5.60. The van der Waals surface area contributed by atoms with E-state index < -0.39 is 5.91 Å². The van der Waals surface area contributed by atoms with Crippen LogP contribution in [0.25, 0.3) is 11.0 Å². The molecule has 3 aromatic rings. The van der Waals surface area contributed by atoms with Gasteiger partial charge in [0.2, 0.25) is 5.91 Å². The molecule has 5 nitrogen and oxygen atoms in total. The highest BCUT2D eigenvalue weighted by Gasteiger charge is 2.12. The van der Waals surface area contributed by atoms with Crippen molar-refractivity contribution < 1.29 is 9.53 Å². The predicted octanol–water partition coefficient (Wildman–Crippen LogP) is 2.72. The lowest BCUT2D eigenvalue weighted by Crippen LogP contribution is -2.20. The Morgan fingerprint density at radius 3 is 2.70 bits per heavy atom. The molecule has 5 heteroatoms. The van der Waals surface area contributed by atoms with Gasteiger partial charge in [-0.2, -0.15) is 0 Å². The van der Waals surface area contributed by atoms with Gasteiger partial charge in [0.05, 0.1) is 11.0 Å². The molecule has 1 heterocycles. The first kappa shape index (κ1) is 15.1. The predicted molar refractivity (Wildman–Crippen MR) is 89.2 cm³/mol. The zero-order valence-electron chi connectivity index (χ0n) is 13.2. The Morgan fingerprint density at radius 2 is 1.96 bits per heavy atom. The molecule has 0 aliphatic rings. The van der Waals surface area contributed by atoms with Crippen LogP contribution < -0.4 is 10.5 Å². The van der Waals surface area contributed by atoms with E-state index in [1.54, 1.807) is 4.57 Å². The van der Waals surface area contributed by atoms with Gasteiger partial charge in [0.25, 0.3) is 0 Å². The number of para-hydroxylation sites is 2. The summed E-state index contributed by atoms with van der Waals surface area (Å²) in [5.41, 5.74) is 9.46. The van der Waals surface area contributed by atoms with Gasteiger partial charge in [-0.3, -0.25) is 4.79 Å². The van der Waals surface area contributed by atoms with Gasteiger partial charge in [0.1, 0.15) is 24.7 Å². The van der Waals surface area contributed by atoms with Crippen molar-refractivity contribution in [3.8, 4) is 5.75 Å². The van der Waals surface area contributed by atoms with Crippen LogP contribution in [0.2, 0.25) is 0 Å². The monoisotopic (exact) mass is 309 g/mol. The SMILES string of the molecule is Cc1ccc(OCc2nc3ccccc3n2CC(N)=O)cc1C. The molecule has 0 radical (unpaired) electrons. The van der Waals surface area contributed by atoms with Gasteiger partial charge in [0.15, 0.2) is 0 Å². The first-order valence-electron chi connectivity index (χ1n) is 7.47. The third-order valence-electron chi connectivity index (χ3n) is 3.89. The summed E-state index contributed by atoms with van der Waals surface area (Å²) in [6, 6.07) is 13.6. The molecule has 0 fully saturated rings. The number of amides is 1. The van der Waals surface area contributed by atoms with Crippen molar-refractivity contribution in [2.45, 2.75) is 27.0 Å². The van der Waals surface area contributed by atoms with Crippen molar-refractivity contribution in [1.82, 2.24) is 9.55 Å². The summed E-state index contributed by atoms with van der Waals surface area (Å²) in [6.07, 6.45) is 0. The summed E-state index contributed by atoms with van der Waals surface area (Å²) in [5, 5.41) is 0. The van der Waals surface area contributed by atoms with Crippen LogP contribution in [0.1, 0.15) is 17.0 Å². The molecule has 1 aromatic heterocycles. The topological polar surface area (TPSA) is 70.1 Å². The molecule has 2 aromatic carbocycles. The number of primary amides is 1. The summed E-state index contributed by atoms with van der Waals surface area (Å²) in [5.74, 6) is 1.06. The molecule has 0 unspecified atom stereocenters. The average molecular weight is 309 g/mol. The minimum atomic E-state index is -0.402. The highest BCUT2D eigenvalue weighted by atomic mass is 16.5. The maximum Gasteiger partial charge on any atom is 0.237 e. The molecule has 0 spiro atoms. The lowest BCUT2D eigenvalue weighted by atomic mass is 10.1. The molecule has 23 heavy (non-hydrogen) atoms. The first-order chi connectivity index (χ1) is 11.0. The maximum absolute atomic E-state index is 11.4. The Hall–Kier alpha value is -2.82. The molecule has 0 aliphatic carbocycles. The summed E-state index contributed by atoms with van der Waals surface area (Å²) in [4.78, 5) is 15.9. The zero-order valence-corrected chi connectivity index (χ0v) is 13.2. The van der Waals surface area contributed by atoms with Crippen LogP contribution in [0.4, 0.5) is 0 Å². The summed E-state index contributed by atoms with van der Waals surface area (Å²) >= 11 is 0. The van der Waals surface area contributed by atoms with Crippen LogP contribution in [0, 0.1) is 13.8 Å². The van der Waals surface area contributed by atoms with Crippen molar-refractivity contribution in [2.75, 3.05) is 0 Å². The van der Waals surface area contributed by atoms with E-state index in [0.717, 1.165) is 16.8 Å². The molecular formula is C18H19N3O2. The molecule has 0 aliphatic heterocycles. The highest BCUT2D eigenvalue weighted by Crippen LogP contribution is 2.20. The molecule has 118 valence electrons. The van der Waals surface area contributed by atoms with Crippen LogP contribution in [0.3, 0.4) is 0 Å². The third kappa shape index (κ3) is 3.18. The quantitative estimate of drug-likeness (QED) is 0.788. The van der Waals surface area contributed by atoms with E-state index in [1.807, 2.05) is 49.4 Å². The number of aromatic nitrogens is 2. The van der Waals surface area contributed by atoms with Crippen LogP contribution >= 0.6 is 0 Å². The first-order valence-corrected chi connectivity index (χ1v) is 7.47. The van der Waals surface area contributed by atoms with E-state index in [0.29, 0.717) is 5.82 Å². The highest BCUT2D eigenvalue weighted by molar-refractivity contribution is 5.80. The Balaban J connectivity index is 1.89. The Morgan fingerprint density at radius 1 is 1.17 bits per heavy atom. The van der Waals surface area contributed by atoms with Gasteiger partial charge < -0.3 is 15.0 Å². The molecular weight excluding hydrogens is 290 g/mol. The van der Waals surface area contributed by atoms with E-state index in [4.69, 9.17) is 10.5 Å². The van der Waals surface area contributed by atoms with E-state index in [2.05, 4.69) is 11.9 Å². The number of carbonyl (C=O) groups is 1. The normalized spacial score (nSPS) is 10.9. The zero-order chi connectivity index (χ0) is 16.4. The summed E-state index contributed by atoms with van der Waals surface area (Å²) in [7, 11) is 0. The number of fused-ring (bicyclic) bond motifs is 1. The van der Waals surface area contributed by atoms with Crippen LogP contribution in [0.15, 0.2) is 42.5 Å². The minimum Gasteiger partial charge on any atom is -0.486 e. The number of ether oxygens (including phenoxy) is 1. The average Bonchev–Trinajstić information content (AvgIpc) is 2.86. The second kappa shape index (κ2) is 6.12. The number of hydrogen-bond donors (Lipinski definition) is 1. The van der Waals surface area contributed by atoms with Crippen molar-refractivity contribution in [1.29, 1.82) is 0 Å². The molecule has 0 saturated heterocycles. The van der Waals surface area contributed by atoms with Gasteiger partial charge in [0, 0.05) is 0 Å². The summed E-state index contributed by atoms with van der Waals surface area (Å²) in [6.45, 7) is 4.48. The van der Waals surface area contributed by atoms with Crippen LogP contribution in [-0.2, 0) is 17.9 Å². The van der Waals surface area contributed by atoms with Crippen molar-refractivity contribution in [2.24, 2.45) is 5.73 Å². The molecule has 3 rings (SSSR count). The Kier molecular flexibility index (Phi) is 4.02. The van der Waals surface area contributed by atoms with Crippen LogP contribution in [0.5, 0.6) is 5.75 Å². The third-order valence-corrected chi connectivity index (χ3v) is 3.89. The smallest absolute Gasteiger partial charge is 0.237 e. The van der Waals surface area contributed by atoms with Gasteiger partial charge >= 0.3 is 0 Å². The van der Waals surface area contributed by atoms with E-state index in [-0.39, 0.29) is 13.2 Å². The van der Waals surface area contributed by atoms with E-state index in [1.165, 1.54) is 11.1 Å². The molecule has 0 saturated carbocycles. The van der Waals surface area contributed by atoms with Crippen molar-refractivity contribution in [3.63, 3.8) is 0 Å². The number of aryl methyl sites for hydroxylation is 2. The Labute approximate surface area is 134 Å². The number of benzene rings is 2. The molecule has 2 N–H and O–H groups in total. The maximum atomic E-state index is 11.4. The minimum absolute atomic E-state index is 0.0894. The van der Waals surface area contributed by atoms with Gasteiger partial charge in [-0.05, 0) is 49.2 Å². The van der Waals surface area contributed by atoms with Crippen molar-refractivity contribution in [3.05, 3.63) is 59.4 Å². The van der Waals surface area contributed by atoms with Crippen molar-refractivity contribution >= 4 is 16.9 Å². The number of nitrogens with two attached hydrogens (primary N) is 1. The standard InChI is InChI=1S/C18H19N3O2/c1-12-7-8-14(9-13(12)2)23-11-18-20-15-5-3-4-6-16(15)21(18)10-17(19)22/h3-9H,10-11H2,1-2H3,(H2,19,22). The van der Waals surface area contributed by atoms with Gasteiger partial charge in [-0.25, -0.2) is 4.98 Å².